The van der Waals surface area contributed by atoms with Crippen LogP contribution in [0.25, 0.3) is 0 Å². The van der Waals surface area contributed by atoms with Crippen molar-refractivity contribution in [3.63, 3.8) is 0 Å². The molecule has 1 atom stereocenters. The normalized spacial score (nSPS) is 13.4. The van der Waals surface area contributed by atoms with Crippen LogP contribution >= 0.6 is 0 Å². The van der Waals surface area contributed by atoms with Crippen molar-refractivity contribution in [3.8, 4) is 5.75 Å². The third-order valence-corrected chi connectivity index (χ3v) is 2.22. The molecule has 0 saturated heterocycles. The number of aliphatic hydroxyl groups is 1. The average Bonchev–Trinajstić information content (AvgIpc) is 2.27. The molecular weight excluding hydrogens is 249 g/mol. The van der Waals surface area contributed by atoms with Crippen LogP contribution in [0.3, 0.4) is 0 Å². The van der Waals surface area contributed by atoms with Crippen LogP contribution in [0.4, 0.5) is 13.2 Å². The molecule has 0 aliphatic rings. The van der Waals surface area contributed by atoms with Gasteiger partial charge in [-0.05, 0) is 24.6 Å². The van der Waals surface area contributed by atoms with E-state index in [0.717, 1.165) is 0 Å². The standard InChI is InChI=1S/C12H15F3O3/c1-2-17-7-6-11(16)9-4-3-5-10(8-9)18-12(13,14)15/h3-5,8,11,16H,2,6-7H2,1H3. The van der Waals surface area contributed by atoms with E-state index in [1.54, 1.807) is 6.07 Å². The van der Waals surface area contributed by atoms with Crippen LogP contribution in [0.1, 0.15) is 25.0 Å². The molecule has 0 bridgehead atoms. The second-order valence-corrected chi connectivity index (χ2v) is 3.62. The molecule has 1 aromatic carbocycles. The minimum atomic E-state index is -4.73. The Balaban J connectivity index is 2.63. The van der Waals surface area contributed by atoms with Crippen LogP contribution in [0.15, 0.2) is 24.3 Å². The Bertz CT molecular complexity index is 366. The van der Waals surface area contributed by atoms with E-state index in [1.807, 2.05) is 6.92 Å². The lowest BCUT2D eigenvalue weighted by atomic mass is 10.1. The Morgan fingerprint density at radius 3 is 2.67 bits per heavy atom. The van der Waals surface area contributed by atoms with E-state index in [1.165, 1.54) is 18.2 Å². The Kier molecular flexibility index (Phi) is 5.43. The summed E-state index contributed by atoms with van der Waals surface area (Å²) in [6, 6.07) is 5.30. The number of benzene rings is 1. The first-order valence-corrected chi connectivity index (χ1v) is 5.54. The second kappa shape index (κ2) is 6.61. The Morgan fingerprint density at radius 2 is 2.06 bits per heavy atom. The summed E-state index contributed by atoms with van der Waals surface area (Å²) in [5.74, 6) is -0.338. The van der Waals surface area contributed by atoms with Crippen molar-refractivity contribution < 1.29 is 27.8 Å². The van der Waals surface area contributed by atoms with Gasteiger partial charge >= 0.3 is 6.36 Å². The van der Waals surface area contributed by atoms with E-state index < -0.39 is 12.5 Å². The third-order valence-electron chi connectivity index (χ3n) is 2.22. The molecule has 0 saturated carbocycles. The fourth-order valence-electron chi connectivity index (χ4n) is 1.42. The predicted molar refractivity (Wildman–Crippen MR) is 59.2 cm³/mol. The van der Waals surface area contributed by atoms with E-state index in [2.05, 4.69) is 4.74 Å². The predicted octanol–water partition coefficient (Wildman–Crippen LogP) is 3.05. The topological polar surface area (TPSA) is 38.7 Å². The Morgan fingerprint density at radius 1 is 1.33 bits per heavy atom. The molecule has 0 aliphatic carbocycles. The minimum Gasteiger partial charge on any atom is -0.406 e. The molecule has 0 aliphatic heterocycles. The van der Waals surface area contributed by atoms with Crippen LogP contribution in [0.2, 0.25) is 0 Å². The molecule has 0 amide bonds. The highest BCUT2D eigenvalue weighted by Gasteiger charge is 2.31. The van der Waals surface area contributed by atoms with Gasteiger partial charge in [-0.2, -0.15) is 0 Å². The van der Waals surface area contributed by atoms with Crippen molar-refractivity contribution in [1.29, 1.82) is 0 Å². The number of hydrogen-bond acceptors (Lipinski definition) is 3. The number of aliphatic hydroxyl groups excluding tert-OH is 1. The summed E-state index contributed by atoms with van der Waals surface area (Å²) < 4.78 is 44.9. The zero-order valence-electron chi connectivity index (χ0n) is 9.91. The zero-order chi connectivity index (χ0) is 13.6. The van der Waals surface area contributed by atoms with Gasteiger partial charge in [-0.15, -0.1) is 13.2 Å². The lowest BCUT2D eigenvalue weighted by Gasteiger charge is -2.13. The first-order chi connectivity index (χ1) is 8.42. The molecule has 1 rings (SSSR count). The number of rotatable bonds is 6. The highest BCUT2D eigenvalue weighted by molar-refractivity contribution is 5.30. The summed E-state index contributed by atoms with van der Waals surface area (Å²) in [5.41, 5.74) is 0.372. The van der Waals surface area contributed by atoms with Gasteiger partial charge in [-0.25, -0.2) is 0 Å². The van der Waals surface area contributed by atoms with Crippen LogP contribution in [-0.2, 0) is 4.74 Å². The third kappa shape index (κ3) is 5.37. The SMILES string of the molecule is CCOCCC(O)c1cccc(OC(F)(F)F)c1. The monoisotopic (exact) mass is 264 g/mol. The molecule has 3 nitrogen and oxygen atoms in total. The lowest BCUT2D eigenvalue weighted by Crippen LogP contribution is -2.17. The maximum absolute atomic E-state index is 12.0. The van der Waals surface area contributed by atoms with Crippen LogP contribution in [-0.4, -0.2) is 24.7 Å². The summed E-state index contributed by atoms with van der Waals surface area (Å²) in [6.45, 7) is 2.70. The molecule has 0 fully saturated rings. The van der Waals surface area contributed by atoms with Crippen molar-refractivity contribution in [2.75, 3.05) is 13.2 Å². The average molecular weight is 264 g/mol. The molecule has 1 unspecified atom stereocenters. The minimum absolute atomic E-state index is 0.323. The van der Waals surface area contributed by atoms with E-state index in [4.69, 9.17) is 4.74 Å². The summed E-state index contributed by atoms with van der Waals surface area (Å²) in [5, 5.41) is 9.75. The van der Waals surface area contributed by atoms with Crippen LogP contribution in [0.5, 0.6) is 5.75 Å². The molecule has 1 N–H and O–H groups in total. The first kappa shape index (κ1) is 14.8. The summed E-state index contributed by atoms with van der Waals surface area (Å²) >= 11 is 0. The number of alkyl halides is 3. The van der Waals surface area contributed by atoms with Crippen molar-refractivity contribution in [3.05, 3.63) is 29.8 Å². The van der Waals surface area contributed by atoms with E-state index >= 15 is 0 Å². The number of hydrogen-bond donors (Lipinski definition) is 1. The Hall–Kier alpha value is -1.27. The first-order valence-electron chi connectivity index (χ1n) is 5.54. The molecule has 102 valence electrons. The number of ether oxygens (including phenoxy) is 2. The number of halogens is 3. The molecular formula is C12H15F3O3. The molecule has 0 spiro atoms. The van der Waals surface area contributed by atoms with Gasteiger partial charge in [0.25, 0.3) is 0 Å². The molecule has 0 aromatic heterocycles. The fraction of sp³-hybridized carbons (Fsp3) is 0.500. The molecule has 18 heavy (non-hydrogen) atoms. The van der Waals surface area contributed by atoms with E-state index in [0.29, 0.717) is 25.2 Å². The van der Waals surface area contributed by atoms with Gasteiger partial charge in [0, 0.05) is 19.6 Å². The molecule has 6 heteroatoms. The van der Waals surface area contributed by atoms with Gasteiger partial charge < -0.3 is 14.6 Å². The van der Waals surface area contributed by atoms with Gasteiger partial charge in [-0.1, -0.05) is 12.1 Å². The molecule has 0 heterocycles. The highest BCUT2D eigenvalue weighted by Crippen LogP contribution is 2.26. The largest absolute Gasteiger partial charge is 0.573 e. The van der Waals surface area contributed by atoms with Gasteiger partial charge in [0.05, 0.1) is 6.10 Å². The molecule has 0 radical (unpaired) electrons. The van der Waals surface area contributed by atoms with Gasteiger partial charge in [-0.3, -0.25) is 0 Å². The zero-order valence-corrected chi connectivity index (χ0v) is 9.91. The summed E-state index contributed by atoms with van der Waals surface area (Å²) in [7, 11) is 0. The fourth-order valence-corrected chi connectivity index (χ4v) is 1.42. The van der Waals surface area contributed by atoms with Crippen molar-refractivity contribution in [1.82, 2.24) is 0 Å². The maximum Gasteiger partial charge on any atom is 0.573 e. The molecule has 1 aromatic rings. The van der Waals surface area contributed by atoms with Crippen LogP contribution in [0, 0.1) is 0 Å². The Labute approximate surface area is 103 Å². The van der Waals surface area contributed by atoms with Crippen molar-refractivity contribution in [2.24, 2.45) is 0 Å². The second-order valence-electron chi connectivity index (χ2n) is 3.62. The van der Waals surface area contributed by atoms with Crippen molar-refractivity contribution >= 4 is 0 Å². The van der Waals surface area contributed by atoms with E-state index in [9.17, 15) is 18.3 Å². The lowest BCUT2D eigenvalue weighted by molar-refractivity contribution is -0.274. The van der Waals surface area contributed by atoms with Gasteiger partial charge in [0.2, 0.25) is 0 Å². The quantitative estimate of drug-likeness (QED) is 0.802. The smallest absolute Gasteiger partial charge is 0.406 e. The maximum atomic E-state index is 12.0. The highest BCUT2D eigenvalue weighted by atomic mass is 19.4. The summed E-state index contributed by atoms with van der Waals surface area (Å²) in [4.78, 5) is 0. The summed E-state index contributed by atoms with van der Waals surface area (Å²) in [6.07, 6.45) is -5.27. The van der Waals surface area contributed by atoms with Crippen LogP contribution < -0.4 is 4.74 Å². The van der Waals surface area contributed by atoms with Crippen molar-refractivity contribution in [2.45, 2.75) is 25.8 Å². The van der Waals surface area contributed by atoms with Gasteiger partial charge in [0.1, 0.15) is 5.75 Å². The van der Waals surface area contributed by atoms with Gasteiger partial charge in [0.15, 0.2) is 0 Å². The van der Waals surface area contributed by atoms with E-state index in [-0.39, 0.29) is 5.75 Å².